The Bertz CT molecular complexity index is 746. The highest BCUT2D eigenvalue weighted by molar-refractivity contribution is 9.10. The van der Waals surface area contributed by atoms with Gasteiger partial charge in [0.25, 0.3) is 0 Å². The van der Waals surface area contributed by atoms with Gasteiger partial charge in [-0.2, -0.15) is 0 Å². The van der Waals surface area contributed by atoms with E-state index in [4.69, 9.17) is 0 Å². The lowest BCUT2D eigenvalue weighted by atomic mass is 10.1. The third kappa shape index (κ3) is 2.02. The zero-order valence-electron chi connectivity index (χ0n) is 11.1. The summed E-state index contributed by atoms with van der Waals surface area (Å²) in [6.45, 7) is 0. The molecule has 0 aliphatic carbocycles. The Kier molecular flexibility index (Phi) is 3.10. The first-order valence-electron chi connectivity index (χ1n) is 6.09. The second-order valence-electron chi connectivity index (χ2n) is 4.47. The van der Waals surface area contributed by atoms with Crippen molar-refractivity contribution in [2.24, 2.45) is 12.0 Å². The Labute approximate surface area is 124 Å². The molecule has 0 radical (unpaired) electrons. The van der Waals surface area contributed by atoms with Crippen LogP contribution in [0.3, 0.4) is 0 Å². The molecule has 0 saturated carbocycles. The van der Waals surface area contributed by atoms with Gasteiger partial charge in [0.05, 0.1) is 5.69 Å². The van der Waals surface area contributed by atoms with Crippen LogP contribution in [0, 0.1) is 0 Å². The van der Waals surface area contributed by atoms with Crippen molar-refractivity contribution in [3.05, 3.63) is 33.9 Å². The van der Waals surface area contributed by atoms with Crippen molar-refractivity contribution in [2.45, 2.75) is 0 Å². The van der Waals surface area contributed by atoms with Gasteiger partial charge in [0.2, 0.25) is 11.8 Å². The number of nitrogens with zero attached hydrogens (tertiary/aromatic N) is 3. The minimum absolute atomic E-state index is 0.124. The van der Waals surface area contributed by atoms with E-state index in [1.807, 2.05) is 24.3 Å². The van der Waals surface area contributed by atoms with Gasteiger partial charge in [-0.3, -0.25) is 9.56 Å². The molecule has 2 heterocycles. The van der Waals surface area contributed by atoms with E-state index < -0.39 is 0 Å². The summed E-state index contributed by atoms with van der Waals surface area (Å²) in [5.41, 5.74) is 3.39. The van der Waals surface area contributed by atoms with E-state index in [9.17, 15) is 5.11 Å². The minimum atomic E-state index is 0.124. The number of hydrogen-bond acceptors (Lipinski definition) is 4. The number of hydrogen-bond donors (Lipinski definition) is 2. The lowest BCUT2D eigenvalue weighted by Gasteiger charge is -2.00. The molecule has 1 aliphatic rings. The van der Waals surface area contributed by atoms with Crippen LogP contribution in [0.4, 0.5) is 11.6 Å². The lowest BCUT2D eigenvalue weighted by Crippen LogP contribution is -1.97. The Morgan fingerprint density at radius 1 is 1.40 bits per heavy atom. The Balaban J connectivity index is 2.08. The normalized spacial score (nSPS) is 14.8. The molecular weight excluding hydrogens is 320 g/mol. The molecule has 1 aliphatic heterocycles. The third-order valence-corrected chi connectivity index (χ3v) is 3.71. The number of aliphatic imine (C=N–C) groups is 1. The molecule has 0 amide bonds. The molecule has 2 N–H and O–H groups in total. The number of fused-ring (bicyclic) bond motifs is 1. The summed E-state index contributed by atoms with van der Waals surface area (Å²) < 4.78 is 2.59. The molecule has 0 fully saturated rings. The molecule has 6 heteroatoms. The van der Waals surface area contributed by atoms with Gasteiger partial charge >= 0.3 is 0 Å². The fraction of sp³-hybridized carbons (Fsp3) is 0.143. The van der Waals surface area contributed by atoms with Gasteiger partial charge in [-0.05, 0) is 24.3 Å². The predicted molar refractivity (Wildman–Crippen MR) is 84.6 cm³/mol. The first-order valence-corrected chi connectivity index (χ1v) is 6.88. The number of rotatable bonds is 2. The average Bonchev–Trinajstić information content (AvgIpc) is 2.95. The minimum Gasteiger partial charge on any atom is -0.493 e. The van der Waals surface area contributed by atoms with Crippen LogP contribution in [0.15, 0.2) is 27.7 Å². The highest BCUT2D eigenvalue weighted by Crippen LogP contribution is 2.35. The van der Waals surface area contributed by atoms with Crippen molar-refractivity contribution < 1.29 is 5.11 Å². The van der Waals surface area contributed by atoms with Crippen LogP contribution < -0.4 is 5.32 Å². The molecule has 20 heavy (non-hydrogen) atoms. The number of allylic oxidation sites excluding steroid dienone is 1. The molecule has 5 nitrogen and oxygen atoms in total. The first kappa shape index (κ1) is 12.9. The molecule has 0 bridgehead atoms. The maximum Gasteiger partial charge on any atom is 0.220 e. The van der Waals surface area contributed by atoms with E-state index in [-0.39, 0.29) is 5.88 Å². The molecule has 0 atom stereocenters. The smallest absolute Gasteiger partial charge is 0.220 e. The largest absolute Gasteiger partial charge is 0.493 e. The van der Waals surface area contributed by atoms with Gasteiger partial charge < -0.3 is 10.4 Å². The van der Waals surface area contributed by atoms with E-state index in [1.54, 1.807) is 24.9 Å². The summed E-state index contributed by atoms with van der Waals surface area (Å²) >= 11 is 3.46. The van der Waals surface area contributed by atoms with Gasteiger partial charge in [-0.1, -0.05) is 15.9 Å². The molecule has 0 spiro atoms. The number of aromatic hydroxyl groups is 1. The summed E-state index contributed by atoms with van der Waals surface area (Å²) in [5.74, 6) is 0.734. The monoisotopic (exact) mass is 332 g/mol. The second kappa shape index (κ2) is 4.79. The Hall–Kier alpha value is -2.08. The summed E-state index contributed by atoms with van der Waals surface area (Å²) in [5, 5.41) is 13.0. The van der Waals surface area contributed by atoms with Crippen LogP contribution in [0.1, 0.15) is 11.3 Å². The van der Waals surface area contributed by atoms with Gasteiger partial charge in [0, 0.05) is 35.9 Å². The van der Waals surface area contributed by atoms with Crippen LogP contribution in [-0.2, 0) is 7.05 Å². The van der Waals surface area contributed by atoms with Crippen LogP contribution in [-0.4, -0.2) is 27.9 Å². The molecule has 0 unspecified atom stereocenters. The average molecular weight is 333 g/mol. The summed E-state index contributed by atoms with van der Waals surface area (Å²) in [6.07, 6.45) is 3.61. The van der Waals surface area contributed by atoms with Crippen molar-refractivity contribution in [1.29, 1.82) is 0 Å². The SMILES string of the molecule is CNc1nc(C=C2C=Nc3ccc(Br)cc32)c(O)n1C. The van der Waals surface area contributed by atoms with Crippen LogP contribution in [0.25, 0.3) is 11.6 Å². The van der Waals surface area contributed by atoms with Gasteiger partial charge in [-0.25, -0.2) is 4.98 Å². The molecule has 1 aromatic carbocycles. The van der Waals surface area contributed by atoms with Gasteiger partial charge in [-0.15, -0.1) is 0 Å². The molecule has 1 aromatic heterocycles. The quantitative estimate of drug-likeness (QED) is 0.887. The van der Waals surface area contributed by atoms with E-state index in [1.165, 1.54) is 0 Å². The molecule has 3 rings (SSSR count). The van der Waals surface area contributed by atoms with E-state index in [0.29, 0.717) is 11.6 Å². The van der Waals surface area contributed by atoms with Crippen molar-refractivity contribution in [3.63, 3.8) is 0 Å². The maximum atomic E-state index is 10.1. The summed E-state index contributed by atoms with van der Waals surface area (Å²) in [7, 11) is 3.52. The van der Waals surface area contributed by atoms with Crippen molar-refractivity contribution in [3.8, 4) is 5.88 Å². The van der Waals surface area contributed by atoms with Crippen LogP contribution >= 0.6 is 15.9 Å². The van der Waals surface area contributed by atoms with Crippen LogP contribution in [0.2, 0.25) is 0 Å². The second-order valence-corrected chi connectivity index (χ2v) is 5.39. The Morgan fingerprint density at radius 3 is 2.90 bits per heavy atom. The topological polar surface area (TPSA) is 62.4 Å². The van der Waals surface area contributed by atoms with Gasteiger partial charge in [0.1, 0.15) is 5.69 Å². The number of imidazole rings is 1. The molecule has 102 valence electrons. The van der Waals surface area contributed by atoms with Crippen molar-refractivity contribution in [1.82, 2.24) is 9.55 Å². The fourth-order valence-corrected chi connectivity index (χ4v) is 2.52. The number of anilines is 1. The number of aromatic nitrogens is 2. The number of halogens is 1. The standard InChI is InChI=1S/C14H13BrN4O/c1-16-14-18-12(13(20)19(14)2)5-8-7-17-11-4-3-9(15)6-10(8)11/h3-7,20H,1-2H3,(H,16,18). The predicted octanol–water partition coefficient (Wildman–Crippen LogP) is 3.19. The zero-order chi connectivity index (χ0) is 14.3. The van der Waals surface area contributed by atoms with Crippen molar-refractivity contribution >= 4 is 45.4 Å². The fourth-order valence-electron chi connectivity index (χ4n) is 2.15. The van der Waals surface area contributed by atoms with E-state index in [2.05, 4.69) is 31.2 Å². The number of benzene rings is 1. The summed E-state index contributed by atoms with van der Waals surface area (Å²) in [4.78, 5) is 8.69. The first-order chi connectivity index (χ1) is 9.60. The molecular formula is C14H13BrN4O. The van der Waals surface area contributed by atoms with E-state index in [0.717, 1.165) is 21.3 Å². The van der Waals surface area contributed by atoms with E-state index >= 15 is 0 Å². The highest BCUT2D eigenvalue weighted by atomic mass is 79.9. The lowest BCUT2D eigenvalue weighted by molar-refractivity contribution is 0.432. The number of nitrogens with one attached hydrogen (secondary N) is 1. The zero-order valence-corrected chi connectivity index (χ0v) is 12.6. The van der Waals surface area contributed by atoms with Gasteiger partial charge in [0.15, 0.2) is 0 Å². The highest BCUT2D eigenvalue weighted by Gasteiger charge is 2.16. The molecule has 0 saturated heterocycles. The summed E-state index contributed by atoms with van der Waals surface area (Å²) in [6, 6.07) is 5.91. The molecule has 2 aromatic rings. The Morgan fingerprint density at radius 2 is 2.20 bits per heavy atom. The van der Waals surface area contributed by atoms with Crippen molar-refractivity contribution in [2.75, 3.05) is 12.4 Å². The third-order valence-electron chi connectivity index (χ3n) is 3.22. The maximum absolute atomic E-state index is 10.1. The van der Waals surface area contributed by atoms with Crippen LogP contribution in [0.5, 0.6) is 5.88 Å².